The van der Waals surface area contributed by atoms with Gasteiger partial charge in [0, 0.05) is 11.6 Å². The van der Waals surface area contributed by atoms with E-state index in [1.807, 2.05) is 0 Å². The fraction of sp³-hybridized carbons (Fsp3) is 0.500. The van der Waals surface area contributed by atoms with Gasteiger partial charge in [-0.15, -0.1) is 0 Å². The third-order valence-corrected chi connectivity index (χ3v) is 2.59. The SMILES string of the molecule is CC/C=C(\N)C1C(C)=CC=CC1C. The Morgan fingerprint density at radius 3 is 2.85 bits per heavy atom. The van der Waals surface area contributed by atoms with Crippen molar-refractivity contribution in [2.45, 2.75) is 27.2 Å². The summed E-state index contributed by atoms with van der Waals surface area (Å²) in [5.74, 6) is 0.956. The van der Waals surface area contributed by atoms with Crippen LogP contribution in [0.15, 0.2) is 35.6 Å². The van der Waals surface area contributed by atoms with Crippen molar-refractivity contribution in [1.82, 2.24) is 0 Å². The van der Waals surface area contributed by atoms with Crippen molar-refractivity contribution in [2.75, 3.05) is 0 Å². The minimum atomic E-state index is 0.421. The molecule has 0 saturated carbocycles. The summed E-state index contributed by atoms with van der Waals surface area (Å²) in [6.07, 6.45) is 9.63. The van der Waals surface area contributed by atoms with Crippen LogP contribution in [-0.2, 0) is 0 Å². The Morgan fingerprint density at radius 1 is 1.62 bits per heavy atom. The largest absolute Gasteiger partial charge is 0.402 e. The van der Waals surface area contributed by atoms with E-state index >= 15 is 0 Å². The molecule has 0 spiro atoms. The summed E-state index contributed by atoms with van der Waals surface area (Å²) in [5, 5.41) is 0. The van der Waals surface area contributed by atoms with Gasteiger partial charge in [-0.3, -0.25) is 0 Å². The van der Waals surface area contributed by atoms with E-state index in [0.29, 0.717) is 11.8 Å². The molecule has 0 heterocycles. The molecule has 0 aromatic heterocycles. The highest BCUT2D eigenvalue weighted by molar-refractivity contribution is 5.28. The van der Waals surface area contributed by atoms with Gasteiger partial charge >= 0.3 is 0 Å². The van der Waals surface area contributed by atoms with Crippen molar-refractivity contribution in [1.29, 1.82) is 0 Å². The lowest BCUT2D eigenvalue weighted by molar-refractivity contribution is 0.540. The molecule has 1 aliphatic carbocycles. The molecule has 0 saturated heterocycles. The second-order valence-corrected chi connectivity index (χ2v) is 3.74. The lowest BCUT2D eigenvalue weighted by Gasteiger charge is -2.25. The summed E-state index contributed by atoms with van der Waals surface area (Å²) in [6, 6.07) is 0. The molecule has 0 aliphatic heterocycles. The van der Waals surface area contributed by atoms with Crippen LogP contribution in [0.2, 0.25) is 0 Å². The van der Waals surface area contributed by atoms with Gasteiger partial charge in [0.2, 0.25) is 0 Å². The first-order valence-corrected chi connectivity index (χ1v) is 4.97. The molecule has 2 N–H and O–H groups in total. The smallest absolute Gasteiger partial charge is 0.0251 e. The third-order valence-electron chi connectivity index (χ3n) is 2.59. The molecule has 2 unspecified atom stereocenters. The maximum absolute atomic E-state index is 6.03. The van der Waals surface area contributed by atoms with Crippen molar-refractivity contribution >= 4 is 0 Å². The zero-order valence-corrected chi connectivity index (χ0v) is 8.75. The van der Waals surface area contributed by atoms with E-state index in [4.69, 9.17) is 5.73 Å². The number of hydrogen-bond donors (Lipinski definition) is 1. The Balaban J connectivity index is 2.84. The molecule has 1 rings (SSSR count). The van der Waals surface area contributed by atoms with E-state index in [9.17, 15) is 0 Å². The predicted molar refractivity (Wildman–Crippen MR) is 58.1 cm³/mol. The molecule has 1 nitrogen and oxygen atoms in total. The van der Waals surface area contributed by atoms with Crippen LogP contribution in [0, 0.1) is 11.8 Å². The normalized spacial score (nSPS) is 28.8. The van der Waals surface area contributed by atoms with E-state index in [0.717, 1.165) is 12.1 Å². The van der Waals surface area contributed by atoms with Crippen LogP contribution in [0.1, 0.15) is 27.2 Å². The van der Waals surface area contributed by atoms with E-state index in [1.165, 1.54) is 5.57 Å². The maximum Gasteiger partial charge on any atom is 0.0251 e. The van der Waals surface area contributed by atoms with Crippen molar-refractivity contribution in [3.8, 4) is 0 Å². The van der Waals surface area contributed by atoms with Gasteiger partial charge in [0.05, 0.1) is 0 Å². The summed E-state index contributed by atoms with van der Waals surface area (Å²) >= 11 is 0. The van der Waals surface area contributed by atoms with Crippen LogP contribution in [0.5, 0.6) is 0 Å². The summed E-state index contributed by atoms with van der Waals surface area (Å²) in [4.78, 5) is 0. The minimum Gasteiger partial charge on any atom is -0.402 e. The number of allylic oxidation sites excluding steroid dienone is 5. The first kappa shape index (κ1) is 10.1. The zero-order valence-electron chi connectivity index (χ0n) is 8.75. The first-order chi connectivity index (χ1) is 6.16. The number of nitrogens with two attached hydrogens (primary N) is 1. The van der Waals surface area contributed by atoms with Crippen LogP contribution < -0.4 is 5.73 Å². The maximum atomic E-state index is 6.03. The van der Waals surface area contributed by atoms with Gasteiger partial charge < -0.3 is 5.73 Å². The van der Waals surface area contributed by atoms with Gasteiger partial charge in [-0.05, 0) is 19.3 Å². The molecule has 0 fully saturated rings. The van der Waals surface area contributed by atoms with Crippen LogP contribution >= 0.6 is 0 Å². The standard InChI is InChI=1S/C12H19N/c1-4-6-11(13)12-9(2)7-5-8-10(12)3/h5-9,12H,4,13H2,1-3H3/b11-6-. The predicted octanol–water partition coefficient (Wildman–Crippen LogP) is 3.01. The van der Waals surface area contributed by atoms with E-state index in [1.54, 1.807) is 0 Å². The fourth-order valence-corrected chi connectivity index (χ4v) is 1.94. The zero-order chi connectivity index (χ0) is 9.84. The van der Waals surface area contributed by atoms with Crippen LogP contribution in [-0.4, -0.2) is 0 Å². The van der Waals surface area contributed by atoms with Crippen molar-refractivity contribution in [3.05, 3.63) is 35.6 Å². The average molecular weight is 177 g/mol. The molecule has 0 bridgehead atoms. The fourth-order valence-electron chi connectivity index (χ4n) is 1.94. The van der Waals surface area contributed by atoms with Gasteiger partial charge in [0.15, 0.2) is 0 Å². The number of hydrogen-bond acceptors (Lipinski definition) is 1. The molecule has 2 atom stereocenters. The highest BCUT2D eigenvalue weighted by Crippen LogP contribution is 2.29. The quantitative estimate of drug-likeness (QED) is 0.689. The Hall–Kier alpha value is -0.980. The lowest BCUT2D eigenvalue weighted by atomic mass is 9.81. The van der Waals surface area contributed by atoms with Crippen LogP contribution in [0.4, 0.5) is 0 Å². The summed E-state index contributed by atoms with van der Waals surface area (Å²) in [6.45, 7) is 6.49. The van der Waals surface area contributed by atoms with E-state index < -0.39 is 0 Å². The van der Waals surface area contributed by atoms with Crippen molar-refractivity contribution < 1.29 is 0 Å². The number of rotatable bonds is 2. The molecule has 0 aromatic rings. The second-order valence-electron chi connectivity index (χ2n) is 3.74. The highest BCUT2D eigenvalue weighted by atomic mass is 14.6. The van der Waals surface area contributed by atoms with Crippen LogP contribution in [0.25, 0.3) is 0 Å². The Bertz CT molecular complexity index is 258. The molecule has 13 heavy (non-hydrogen) atoms. The Labute approximate surface area is 81.0 Å². The third kappa shape index (κ3) is 2.24. The molecule has 0 aromatic carbocycles. The molecular weight excluding hydrogens is 158 g/mol. The highest BCUT2D eigenvalue weighted by Gasteiger charge is 2.20. The molecule has 1 aliphatic rings. The average Bonchev–Trinajstić information content (AvgIpc) is 2.04. The molecular formula is C12H19N. The Morgan fingerprint density at radius 2 is 2.31 bits per heavy atom. The van der Waals surface area contributed by atoms with Gasteiger partial charge in [0.25, 0.3) is 0 Å². The van der Waals surface area contributed by atoms with Gasteiger partial charge in [-0.2, -0.15) is 0 Å². The molecule has 1 heteroatoms. The molecule has 0 radical (unpaired) electrons. The van der Waals surface area contributed by atoms with Crippen molar-refractivity contribution in [2.24, 2.45) is 17.6 Å². The van der Waals surface area contributed by atoms with Crippen LogP contribution in [0.3, 0.4) is 0 Å². The van der Waals surface area contributed by atoms with Gasteiger partial charge in [0.1, 0.15) is 0 Å². The van der Waals surface area contributed by atoms with Gasteiger partial charge in [-0.1, -0.05) is 43.7 Å². The minimum absolute atomic E-state index is 0.421. The summed E-state index contributed by atoms with van der Waals surface area (Å²) in [7, 11) is 0. The van der Waals surface area contributed by atoms with Gasteiger partial charge in [-0.25, -0.2) is 0 Å². The monoisotopic (exact) mass is 177 g/mol. The lowest BCUT2D eigenvalue weighted by Crippen LogP contribution is -2.21. The van der Waals surface area contributed by atoms with E-state index in [2.05, 4.69) is 45.1 Å². The summed E-state index contributed by atoms with van der Waals surface area (Å²) < 4.78 is 0. The second kappa shape index (κ2) is 4.31. The van der Waals surface area contributed by atoms with E-state index in [-0.39, 0.29) is 0 Å². The van der Waals surface area contributed by atoms with Crippen molar-refractivity contribution in [3.63, 3.8) is 0 Å². The molecule has 72 valence electrons. The summed E-state index contributed by atoms with van der Waals surface area (Å²) in [5.41, 5.74) is 8.42. The topological polar surface area (TPSA) is 26.0 Å². The first-order valence-electron chi connectivity index (χ1n) is 4.97. The Kier molecular flexibility index (Phi) is 3.35. The molecule has 0 amide bonds.